The monoisotopic (exact) mass is 416 g/mol. The van der Waals surface area contributed by atoms with Gasteiger partial charge in [-0.2, -0.15) is 0 Å². The predicted octanol–water partition coefficient (Wildman–Crippen LogP) is 3.55. The molecule has 0 bridgehead atoms. The van der Waals surface area contributed by atoms with Crippen LogP contribution in [0, 0.1) is 5.82 Å². The van der Waals surface area contributed by atoms with Crippen molar-refractivity contribution in [1.82, 2.24) is 10.2 Å². The second-order valence-corrected chi connectivity index (χ2v) is 7.17. The molecule has 7 heteroatoms. The lowest BCUT2D eigenvalue weighted by Crippen LogP contribution is -2.51. The van der Waals surface area contributed by atoms with Gasteiger partial charge < -0.3 is 19.7 Å². The van der Waals surface area contributed by atoms with E-state index < -0.39 is 6.04 Å². The molecule has 2 rings (SSSR count). The topological polar surface area (TPSA) is 67.9 Å². The number of rotatable bonds is 10. The number of nitrogens with zero attached hydrogens (tertiary/aromatic N) is 1. The van der Waals surface area contributed by atoms with Crippen LogP contribution in [0.2, 0.25) is 0 Å². The summed E-state index contributed by atoms with van der Waals surface area (Å²) in [6, 6.07) is 12.2. The van der Waals surface area contributed by atoms with Gasteiger partial charge in [0, 0.05) is 12.6 Å². The normalized spacial score (nSPS) is 11.7. The first-order chi connectivity index (χ1) is 14.3. The second-order valence-electron chi connectivity index (χ2n) is 7.17. The molecule has 0 aliphatic carbocycles. The number of halogens is 1. The number of carbonyl (C=O) groups excluding carboxylic acids is 2. The smallest absolute Gasteiger partial charge is 0.261 e. The number of ether oxygens (including phenoxy) is 2. The Kier molecular flexibility index (Phi) is 8.65. The standard InChI is InChI=1S/C23H29FN2O4/c1-5-19(23(28)25-16(2)3)26(14-17-10-12-18(24)13-11-17)22(27)15-30-21-9-7-6-8-20(21)29-4/h6-13,16,19H,5,14-15H2,1-4H3,(H,25,28)/t19-/m0/s1. The molecule has 0 spiro atoms. The van der Waals surface area contributed by atoms with Crippen molar-refractivity contribution >= 4 is 11.8 Å². The van der Waals surface area contributed by atoms with Gasteiger partial charge in [0.2, 0.25) is 5.91 Å². The number of para-hydroxylation sites is 2. The third kappa shape index (κ3) is 6.47. The van der Waals surface area contributed by atoms with E-state index in [-0.39, 0.29) is 36.8 Å². The van der Waals surface area contributed by atoms with Gasteiger partial charge in [0.1, 0.15) is 11.9 Å². The largest absolute Gasteiger partial charge is 0.493 e. The summed E-state index contributed by atoms with van der Waals surface area (Å²) in [6.07, 6.45) is 0.431. The van der Waals surface area contributed by atoms with E-state index in [9.17, 15) is 14.0 Å². The van der Waals surface area contributed by atoms with Crippen LogP contribution in [0.3, 0.4) is 0 Å². The molecule has 0 fully saturated rings. The Hall–Kier alpha value is -3.09. The molecule has 0 aliphatic heterocycles. The molecule has 2 aromatic rings. The van der Waals surface area contributed by atoms with Gasteiger partial charge in [-0.3, -0.25) is 9.59 Å². The van der Waals surface area contributed by atoms with Gasteiger partial charge in [-0.15, -0.1) is 0 Å². The van der Waals surface area contributed by atoms with E-state index in [4.69, 9.17) is 9.47 Å². The van der Waals surface area contributed by atoms with Crippen molar-refractivity contribution in [3.05, 3.63) is 59.9 Å². The summed E-state index contributed by atoms with van der Waals surface area (Å²) in [5, 5.41) is 2.86. The lowest BCUT2D eigenvalue weighted by Gasteiger charge is -2.31. The highest BCUT2D eigenvalue weighted by Gasteiger charge is 2.29. The van der Waals surface area contributed by atoms with Crippen LogP contribution in [0.25, 0.3) is 0 Å². The van der Waals surface area contributed by atoms with Crippen LogP contribution in [0.5, 0.6) is 11.5 Å². The predicted molar refractivity (Wildman–Crippen MR) is 113 cm³/mol. The molecular weight excluding hydrogens is 387 g/mol. The summed E-state index contributed by atoms with van der Waals surface area (Å²) in [5.41, 5.74) is 0.720. The third-order valence-corrected chi connectivity index (χ3v) is 4.50. The maximum absolute atomic E-state index is 13.3. The summed E-state index contributed by atoms with van der Waals surface area (Å²) in [5.74, 6) is 0.00621. The Labute approximate surface area is 177 Å². The van der Waals surface area contributed by atoms with Gasteiger partial charge in [0.05, 0.1) is 7.11 Å². The first-order valence-electron chi connectivity index (χ1n) is 9.95. The summed E-state index contributed by atoms with van der Waals surface area (Å²) < 4.78 is 24.2. The molecule has 1 N–H and O–H groups in total. The quantitative estimate of drug-likeness (QED) is 0.643. The minimum Gasteiger partial charge on any atom is -0.493 e. The number of nitrogens with one attached hydrogen (secondary N) is 1. The van der Waals surface area contributed by atoms with Crippen LogP contribution in [-0.4, -0.2) is 42.5 Å². The van der Waals surface area contributed by atoms with E-state index >= 15 is 0 Å². The van der Waals surface area contributed by atoms with E-state index in [0.717, 1.165) is 5.56 Å². The Morgan fingerprint density at radius 3 is 2.27 bits per heavy atom. The summed E-state index contributed by atoms with van der Waals surface area (Å²) >= 11 is 0. The SMILES string of the molecule is CC[C@@H](C(=O)NC(C)C)N(Cc1ccc(F)cc1)C(=O)COc1ccccc1OC. The zero-order valence-corrected chi connectivity index (χ0v) is 17.9. The van der Waals surface area contributed by atoms with E-state index in [2.05, 4.69) is 5.32 Å². The van der Waals surface area contributed by atoms with E-state index in [1.54, 1.807) is 36.4 Å². The fourth-order valence-electron chi connectivity index (χ4n) is 3.05. The lowest BCUT2D eigenvalue weighted by atomic mass is 10.1. The number of methoxy groups -OCH3 is 1. The minimum atomic E-state index is -0.675. The van der Waals surface area contributed by atoms with E-state index in [1.165, 1.54) is 24.1 Å². The molecule has 2 aromatic carbocycles. The maximum atomic E-state index is 13.3. The molecule has 1 atom stereocenters. The highest BCUT2D eigenvalue weighted by atomic mass is 19.1. The number of benzene rings is 2. The molecule has 0 radical (unpaired) electrons. The van der Waals surface area contributed by atoms with Crippen molar-refractivity contribution < 1.29 is 23.5 Å². The number of hydrogen-bond donors (Lipinski definition) is 1. The summed E-state index contributed by atoms with van der Waals surface area (Å²) in [6.45, 7) is 5.48. The van der Waals surface area contributed by atoms with Crippen LogP contribution < -0.4 is 14.8 Å². The molecule has 0 saturated carbocycles. The van der Waals surface area contributed by atoms with Crippen molar-refractivity contribution in [3.8, 4) is 11.5 Å². The number of carbonyl (C=O) groups is 2. The maximum Gasteiger partial charge on any atom is 0.261 e. The van der Waals surface area contributed by atoms with Gasteiger partial charge in [-0.25, -0.2) is 4.39 Å². The number of hydrogen-bond acceptors (Lipinski definition) is 4. The van der Waals surface area contributed by atoms with Crippen LogP contribution in [-0.2, 0) is 16.1 Å². The van der Waals surface area contributed by atoms with Gasteiger partial charge in [-0.05, 0) is 50.1 Å². The first kappa shape index (κ1) is 23.2. The van der Waals surface area contributed by atoms with Gasteiger partial charge in [0.15, 0.2) is 18.1 Å². The minimum absolute atomic E-state index is 0.0563. The summed E-state index contributed by atoms with van der Waals surface area (Å²) in [4.78, 5) is 27.3. The highest BCUT2D eigenvalue weighted by molar-refractivity contribution is 5.88. The molecule has 0 aromatic heterocycles. The molecule has 2 amide bonds. The zero-order valence-electron chi connectivity index (χ0n) is 17.9. The average Bonchev–Trinajstić information content (AvgIpc) is 2.73. The Morgan fingerprint density at radius 1 is 1.07 bits per heavy atom. The molecule has 162 valence electrons. The van der Waals surface area contributed by atoms with E-state index in [1.807, 2.05) is 20.8 Å². The zero-order chi connectivity index (χ0) is 22.1. The van der Waals surface area contributed by atoms with Gasteiger partial charge in [0.25, 0.3) is 5.91 Å². The van der Waals surface area contributed by atoms with E-state index in [0.29, 0.717) is 17.9 Å². The van der Waals surface area contributed by atoms with Crippen LogP contribution in [0.15, 0.2) is 48.5 Å². The van der Waals surface area contributed by atoms with Crippen molar-refractivity contribution in [1.29, 1.82) is 0 Å². The molecule has 0 unspecified atom stereocenters. The Morgan fingerprint density at radius 2 is 1.70 bits per heavy atom. The molecular formula is C23H29FN2O4. The lowest BCUT2D eigenvalue weighted by molar-refractivity contribution is -0.143. The average molecular weight is 416 g/mol. The Bertz CT molecular complexity index is 839. The summed E-state index contributed by atoms with van der Waals surface area (Å²) in [7, 11) is 1.52. The third-order valence-electron chi connectivity index (χ3n) is 4.50. The van der Waals surface area contributed by atoms with Crippen LogP contribution in [0.1, 0.15) is 32.8 Å². The molecule has 6 nitrogen and oxygen atoms in total. The molecule has 0 heterocycles. The van der Waals surface area contributed by atoms with Crippen LogP contribution in [0.4, 0.5) is 4.39 Å². The van der Waals surface area contributed by atoms with Gasteiger partial charge in [-0.1, -0.05) is 31.2 Å². The Balaban J connectivity index is 2.22. The fraction of sp³-hybridized carbons (Fsp3) is 0.391. The van der Waals surface area contributed by atoms with Crippen molar-refractivity contribution in [2.24, 2.45) is 0 Å². The van der Waals surface area contributed by atoms with Crippen molar-refractivity contribution in [2.45, 2.75) is 45.8 Å². The van der Waals surface area contributed by atoms with Crippen molar-refractivity contribution in [3.63, 3.8) is 0 Å². The van der Waals surface area contributed by atoms with Crippen LogP contribution >= 0.6 is 0 Å². The molecule has 0 aliphatic rings. The highest BCUT2D eigenvalue weighted by Crippen LogP contribution is 2.26. The second kappa shape index (κ2) is 11.2. The molecule has 0 saturated heterocycles. The fourth-order valence-corrected chi connectivity index (χ4v) is 3.05. The molecule has 30 heavy (non-hydrogen) atoms. The van der Waals surface area contributed by atoms with Crippen molar-refractivity contribution in [2.75, 3.05) is 13.7 Å². The van der Waals surface area contributed by atoms with Gasteiger partial charge >= 0.3 is 0 Å². The number of amides is 2. The first-order valence-corrected chi connectivity index (χ1v) is 9.95.